The number of unbranched alkanes of at least 4 members (excludes halogenated alkanes) is 1. The maximum Gasteiger partial charge on any atom is 0.0139 e. The van der Waals surface area contributed by atoms with Crippen LogP contribution >= 0.6 is 11.8 Å². The van der Waals surface area contributed by atoms with Crippen molar-refractivity contribution in [2.75, 3.05) is 6.26 Å². The summed E-state index contributed by atoms with van der Waals surface area (Å²) < 4.78 is 0. The first-order chi connectivity index (χ1) is 9.53. The summed E-state index contributed by atoms with van der Waals surface area (Å²) in [4.78, 5) is 1.44. The smallest absolute Gasteiger partial charge is 0.0139 e. The van der Waals surface area contributed by atoms with Gasteiger partial charge >= 0.3 is 0 Å². The van der Waals surface area contributed by atoms with Gasteiger partial charge in [-0.15, -0.1) is 11.8 Å². The third kappa shape index (κ3) is 3.20. The molecule has 0 aliphatic carbocycles. The molecule has 1 rings (SSSR count). The molecule has 0 N–H and O–H groups in total. The van der Waals surface area contributed by atoms with E-state index in [0.717, 1.165) is 18.4 Å². The average Bonchev–Trinajstić information content (AvgIpc) is 2.44. The molecule has 0 radical (unpaired) electrons. The van der Waals surface area contributed by atoms with Crippen LogP contribution in [0.2, 0.25) is 0 Å². The van der Waals surface area contributed by atoms with E-state index >= 15 is 0 Å². The van der Waals surface area contributed by atoms with Gasteiger partial charge in [0.1, 0.15) is 0 Å². The molecule has 1 heteroatoms. The molecule has 0 aliphatic rings. The maximum absolute atomic E-state index is 4.22. The molecule has 1 aromatic carbocycles. The molecule has 0 atom stereocenters. The molecule has 0 amide bonds. The van der Waals surface area contributed by atoms with Crippen molar-refractivity contribution in [1.29, 1.82) is 0 Å². The summed E-state index contributed by atoms with van der Waals surface area (Å²) in [6, 6.07) is 0. The van der Waals surface area contributed by atoms with Gasteiger partial charge in [0.15, 0.2) is 0 Å². The zero-order valence-corrected chi connectivity index (χ0v) is 14.5. The first-order valence-electron chi connectivity index (χ1n) is 7.53. The van der Waals surface area contributed by atoms with Gasteiger partial charge < -0.3 is 0 Å². The molecule has 0 unspecified atom stereocenters. The normalized spacial score (nSPS) is 10.7. The second-order valence-electron chi connectivity index (χ2n) is 5.35. The van der Waals surface area contributed by atoms with Crippen LogP contribution in [-0.4, -0.2) is 6.26 Å². The molecule has 0 fully saturated rings. The SMILES string of the molecule is C=Cc1c(CC)c(SC)c(C)c(CCCC)c1C(=C)C. The molecule has 1 aromatic rings. The third-order valence-electron chi connectivity index (χ3n) is 3.93. The van der Waals surface area contributed by atoms with Crippen LogP contribution in [0.1, 0.15) is 61.4 Å². The monoisotopic (exact) mass is 288 g/mol. The van der Waals surface area contributed by atoms with Gasteiger partial charge in [-0.05, 0) is 67.2 Å². The summed E-state index contributed by atoms with van der Waals surface area (Å²) in [7, 11) is 0. The van der Waals surface area contributed by atoms with E-state index < -0.39 is 0 Å². The highest BCUT2D eigenvalue weighted by Crippen LogP contribution is 2.38. The van der Waals surface area contributed by atoms with Crippen molar-refractivity contribution >= 4 is 23.4 Å². The molecule has 0 saturated heterocycles. The molecular formula is C19H28S. The van der Waals surface area contributed by atoms with Crippen LogP contribution < -0.4 is 0 Å². The molecule has 0 nitrogen and oxygen atoms in total. The molecule has 0 spiro atoms. The number of benzene rings is 1. The minimum Gasteiger partial charge on any atom is -0.129 e. The average molecular weight is 288 g/mol. The fourth-order valence-corrected chi connectivity index (χ4v) is 3.92. The fourth-order valence-electron chi connectivity index (χ4n) is 2.99. The molecule has 0 bridgehead atoms. The Kier molecular flexibility index (Phi) is 6.61. The van der Waals surface area contributed by atoms with Crippen LogP contribution in [0.25, 0.3) is 11.6 Å². The van der Waals surface area contributed by atoms with Crippen LogP contribution in [0.4, 0.5) is 0 Å². The first kappa shape index (κ1) is 17.1. The number of thioether (sulfide) groups is 1. The molecule has 0 heterocycles. The van der Waals surface area contributed by atoms with E-state index in [4.69, 9.17) is 0 Å². The van der Waals surface area contributed by atoms with Gasteiger partial charge in [-0.1, -0.05) is 45.1 Å². The number of rotatable bonds is 7. The molecule has 0 aromatic heterocycles. The lowest BCUT2D eigenvalue weighted by Crippen LogP contribution is -2.06. The zero-order valence-electron chi connectivity index (χ0n) is 13.7. The lowest BCUT2D eigenvalue weighted by Gasteiger charge is -2.23. The molecular weight excluding hydrogens is 260 g/mol. The van der Waals surface area contributed by atoms with E-state index in [-0.39, 0.29) is 0 Å². The Morgan fingerprint density at radius 2 is 1.90 bits per heavy atom. The quantitative estimate of drug-likeness (QED) is 0.531. The van der Waals surface area contributed by atoms with Crippen molar-refractivity contribution in [3.05, 3.63) is 41.0 Å². The molecule has 20 heavy (non-hydrogen) atoms. The van der Waals surface area contributed by atoms with E-state index in [0.29, 0.717) is 0 Å². The summed E-state index contributed by atoms with van der Waals surface area (Å²) in [5.41, 5.74) is 8.18. The first-order valence-corrected chi connectivity index (χ1v) is 8.76. The second-order valence-corrected chi connectivity index (χ2v) is 6.16. The van der Waals surface area contributed by atoms with Crippen LogP contribution in [0.3, 0.4) is 0 Å². The van der Waals surface area contributed by atoms with Gasteiger partial charge in [0.2, 0.25) is 0 Å². The summed E-state index contributed by atoms with van der Waals surface area (Å²) in [5.74, 6) is 0. The topological polar surface area (TPSA) is 0 Å². The third-order valence-corrected chi connectivity index (χ3v) is 4.89. The predicted molar refractivity (Wildman–Crippen MR) is 95.7 cm³/mol. The molecule has 110 valence electrons. The van der Waals surface area contributed by atoms with Crippen LogP contribution in [0.15, 0.2) is 18.1 Å². The van der Waals surface area contributed by atoms with E-state index in [1.807, 2.05) is 17.8 Å². The molecule has 0 saturated carbocycles. The number of allylic oxidation sites excluding steroid dienone is 1. The van der Waals surface area contributed by atoms with Gasteiger partial charge in [-0.25, -0.2) is 0 Å². The highest BCUT2D eigenvalue weighted by atomic mass is 32.2. The highest BCUT2D eigenvalue weighted by molar-refractivity contribution is 7.98. The Morgan fingerprint density at radius 1 is 1.25 bits per heavy atom. The summed E-state index contributed by atoms with van der Waals surface area (Å²) in [6.07, 6.45) is 8.85. The second kappa shape index (κ2) is 7.73. The van der Waals surface area contributed by atoms with Crippen LogP contribution in [0.5, 0.6) is 0 Å². The van der Waals surface area contributed by atoms with Crippen molar-refractivity contribution < 1.29 is 0 Å². The Balaban J connectivity index is 3.71. The minimum atomic E-state index is 1.05. The summed E-state index contributed by atoms with van der Waals surface area (Å²) >= 11 is 1.87. The van der Waals surface area contributed by atoms with Crippen molar-refractivity contribution in [2.45, 2.75) is 58.3 Å². The van der Waals surface area contributed by atoms with Gasteiger partial charge in [0.05, 0.1) is 0 Å². The van der Waals surface area contributed by atoms with Gasteiger partial charge in [0, 0.05) is 4.90 Å². The number of hydrogen-bond acceptors (Lipinski definition) is 1. The minimum absolute atomic E-state index is 1.05. The van der Waals surface area contributed by atoms with Crippen molar-refractivity contribution in [2.24, 2.45) is 0 Å². The standard InChI is InChI=1S/C19H28S/c1-8-11-12-17-14(6)19(20-7)16(10-3)15(9-2)18(17)13(4)5/h9H,2,4,8,10-12H2,1,3,5-7H3. The van der Waals surface area contributed by atoms with Crippen molar-refractivity contribution in [3.63, 3.8) is 0 Å². The Bertz CT molecular complexity index is 509. The highest BCUT2D eigenvalue weighted by Gasteiger charge is 2.18. The van der Waals surface area contributed by atoms with Gasteiger partial charge in [0.25, 0.3) is 0 Å². The van der Waals surface area contributed by atoms with E-state index in [1.54, 1.807) is 0 Å². The van der Waals surface area contributed by atoms with E-state index in [2.05, 4.69) is 47.1 Å². The summed E-state index contributed by atoms with van der Waals surface area (Å²) in [6.45, 7) is 17.2. The fraction of sp³-hybridized carbons (Fsp3) is 0.474. The van der Waals surface area contributed by atoms with Crippen molar-refractivity contribution in [1.82, 2.24) is 0 Å². The van der Waals surface area contributed by atoms with Gasteiger partial charge in [-0.3, -0.25) is 0 Å². The zero-order chi connectivity index (χ0) is 15.3. The Morgan fingerprint density at radius 3 is 2.30 bits per heavy atom. The maximum atomic E-state index is 4.22. The van der Waals surface area contributed by atoms with Gasteiger partial charge in [-0.2, -0.15) is 0 Å². The van der Waals surface area contributed by atoms with Crippen LogP contribution in [0, 0.1) is 6.92 Å². The Labute approximate surface area is 129 Å². The van der Waals surface area contributed by atoms with E-state index in [9.17, 15) is 0 Å². The molecule has 0 aliphatic heterocycles. The van der Waals surface area contributed by atoms with Crippen LogP contribution in [-0.2, 0) is 12.8 Å². The van der Waals surface area contributed by atoms with Crippen molar-refractivity contribution in [3.8, 4) is 0 Å². The lowest BCUT2D eigenvalue weighted by atomic mass is 9.85. The number of hydrogen-bond donors (Lipinski definition) is 0. The summed E-state index contributed by atoms with van der Waals surface area (Å²) in [5, 5.41) is 0. The Hall–Kier alpha value is -0.950. The lowest BCUT2D eigenvalue weighted by molar-refractivity contribution is 0.785. The van der Waals surface area contributed by atoms with E-state index in [1.165, 1.54) is 45.6 Å². The predicted octanol–water partition coefficient (Wildman–Crippen LogP) is 6.30. The largest absolute Gasteiger partial charge is 0.129 e.